The highest BCUT2D eigenvalue weighted by molar-refractivity contribution is 7.89. The highest BCUT2D eigenvalue weighted by atomic mass is 32.2. The Labute approximate surface area is 157 Å². The van der Waals surface area contributed by atoms with Crippen LogP contribution in [0.5, 0.6) is 5.75 Å². The summed E-state index contributed by atoms with van der Waals surface area (Å²) in [6, 6.07) is 14.3. The van der Waals surface area contributed by atoms with E-state index in [2.05, 4.69) is 11.3 Å². The molecule has 26 heavy (non-hydrogen) atoms. The second-order valence-corrected chi connectivity index (χ2v) is 8.44. The van der Waals surface area contributed by atoms with Gasteiger partial charge in [0.05, 0.1) is 12.0 Å². The molecule has 0 spiro atoms. The zero-order valence-corrected chi connectivity index (χ0v) is 16.6. The number of sulfonamides is 1. The van der Waals surface area contributed by atoms with Crippen LogP contribution in [0, 0.1) is 12.8 Å². The molecule has 0 fully saturated rings. The van der Waals surface area contributed by atoms with Crippen molar-refractivity contribution in [2.45, 2.75) is 38.1 Å². The summed E-state index contributed by atoms with van der Waals surface area (Å²) in [5.74, 6) is 0.774. The number of ether oxygens (including phenoxy) is 1. The highest BCUT2D eigenvalue weighted by Crippen LogP contribution is 2.21. The average Bonchev–Trinajstić information content (AvgIpc) is 2.61. The first-order valence-electron chi connectivity index (χ1n) is 8.60. The van der Waals surface area contributed by atoms with Gasteiger partial charge in [-0.2, -0.15) is 0 Å². The van der Waals surface area contributed by atoms with Gasteiger partial charge in [-0.15, -0.1) is 0 Å². The van der Waals surface area contributed by atoms with Gasteiger partial charge in [0.2, 0.25) is 10.0 Å². The van der Waals surface area contributed by atoms with Crippen LogP contribution in [0.3, 0.4) is 0 Å². The monoisotopic (exact) mass is 373 g/mol. The van der Waals surface area contributed by atoms with E-state index in [0.717, 1.165) is 22.4 Å². The SMILES string of the molecule is C=C(C)C(C)[C@@H](Cc1ccc(OC)cc1)NS(=O)(=O)c1ccc(C)cc1. The van der Waals surface area contributed by atoms with Crippen molar-refractivity contribution in [3.05, 3.63) is 71.8 Å². The molecular formula is C21H27NO3S. The third kappa shape index (κ3) is 5.19. The number of aryl methyl sites for hydroxylation is 1. The lowest BCUT2D eigenvalue weighted by atomic mass is 9.91. The van der Waals surface area contributed by atoms with Gasteiger partial charge in [-0.05, 0) is 56.0 Å². The molecule has 0 radical (unpaired) electrons. The number of benzene rings is 2. The molecule has 0 aliphatic carbocycles. The second-order valence-electron chi connectivity index (χ2n) is 6.73. The molecule has 2 rings (SSSR count). The standard InChI is InChI=1S/C21H27NO3S/c1-15(2)17(4)21(14-18-8-10-19(25-5)11-9-18)22-26(23,24)20-12-6-16(3)7-13-20/h6-13,17,21-22H,1,14H2,2-5H3/t17?,21-/m1/s1. The zero-order valence-electron chi connectivity index (χ0n) is 15.8. The van der Waals surface area contributed by atoms with Crippen LogP contribution in [0.2, 0.25) is 0 Å². The van der Waals surface area contributed by atoms with Crippen LogP contribution in [0.15, 0.2) is 65.6 Å². The Morgan fingerprint density at radius 3 is 2.19 bits per heavy atom. The Balaban J connectivity index is 2.26. The smallest absolute Gasteiger partial charge is 0.240 e. The summed E-state index contributed by atoms with van der Waals surface area (Å²) < 4.78 is 33.7. The van der Waals surface area contributed by atoms with Crippen molar-refractivity contribution in [3.8, 4) is 5.75 Å². The molecule has 1 unspecified atom stereocenters. The molecule has 0 heterocycles. The summed E-state index contributed by atoms with van der Waals surface area (Å²) in [7, 11) is -1.98. The van der Waals surface area contributed by atoms with E-state index in [-0.39, 0.29) is 16.9 Å². The quantitative estimate of drug-likeness (QED) is 0.709. The van der Waals surface area contributed by atoms with E-state index in [4.69, 9.17) is 4.74 Å². The number of hydrogen-bond donors (Lipinski definition) is 1. The number of methoxy groups -OCH3 is 1. The van der Waals surface area contributed by atoms with Gasteiger partial charge in [0, 0.05) is 6.04 Å². The van der Waals surface area contributed by atoms with Crippen LogP contribution in [-0.2, 0) is 16.4 Å². The molecule has 0 bridgehead atoms. The third-order valence-electron chi connectivity index (χ3n) is 4.63. The van der Waals surface area contributed by atoms with Gasteiger partial charge in [-0.1, -0.05) is 48.9 Å². The largest absolute Gasteiger partial charge is 0.497 e. The first-order chi connectivity index (χ1) is 12.2. The van der Waals surface area contributed by atoms with Gasteiger partial charge >= 0.3 is 0 Å². The van der Waals surface area contributed by atoms with Crippen molar-refractivity contribution in [3.63, 3.8) is 0 Å². The first-order valence-corrected chi connectivity index (χ1v) is 10.1. The van der Waals surface area contributed by atoms with Crippen LogP contribution in [-0.4, -0.2) is 21.6 Å². The fourth-order valence-electron chi connectivity index (χ4n) is 2.66. The topological polar surface area (TPSA) is 55.4 Å². The maximum atomic E-state index is 12.8. The van der Waals surface area contributed by atoms with Crippen molar-refractivity contribution in [1.82, 2.24) is 4.72 Å². The second kappa shape index (κ2) is 8.52. The molecule has 0 amide bonds. The minimum Gasteiger partial charge on any atom is -0.497 e. The van der Waals surface area contributed by atoms with Gasteiger partial charge in [0.15, 0.2) is 0 Å². The highest BCUT2D eigenvalue weighted by Gasteiger charge is 2.25. The Morgan fingerprint density at radius 2 is 1.69 bits per heavy atom. The van der Waals surface area contributed by atoms with Gasteiger partial charge < -0.3 is 4.74 Å². The van der Waals surface area contributed by atoms with E-state index in [1.54, 1.807) is 31.4 Å². The van der Waals surface area contributed by atoms with Crippen molar-refractivity contribution >= 4 is 10.0 Å². The third-order valence-corrected chi connectivity index (χ3v) is 6.14. The van der Waals surface area contributed by atoms with E-state index in [1.165, 1.54) is 0 Å². The van der Waals surface area contributed by atoms with Crippen molar-refractivity contribution in [2.75, 3.05) is 7.11 Å². The Kier molecular flexibility index (Phi) is 6.62. The lowest BCUT2D eigenvalue weighted by Gasteiger charge is -2.26. The van der Waals surface area contributed by atoms with E-state index < -0.39 is 10.0 Å². The number of hydrogen-bond acceptors (Lipinski definition) is 3. The van der Waals surface area contributed by atoms with Crippen LogP contribution in [0.1, 0.15) is 25.0 Å². The lowest BCUT2D eigenvalue weighted by molar-refractivity contribution is 0.414. The van der Waals surface area contributed by atoms with E-state index >= 15 is 0 Å². The predicted octanol–water partition coefficient (Wildman–Crippen LogP) is 4.11. The van der Waals surface area contributed by atoms with Gasteiger partial charge in [0.1, 0.15) is 5.75 Å². The zero-order chi connectivity index (χ0) is 19.3. The molecule has 0 aromatic heterocycles. The molecule has 0 saturated carbocycles. The molecule has 0 aliphatic heterocycles. The van der Waals surface area contributed by atoms with E-state index in [1.807, 2.05) is 45.0 Å². The van der Waals surface area contributed by atoms with Gasteiger partial charge in [0.25, 0.3) is 0 Å². The number of rotatable bonds is 8. The van der Waals surface area contributed by atoms with Crippen molar-refractivity contribution < 1.29 is 13.2 Å². The summed E-state index contributed by atoms with van der Waals surface area (Å²) >= 11 is 0. The summed E-state index contributed by atoms with van der Waals surface area (Å²) in [5.41, 5.74) is 3.00. The molecule has 4 nitrogen and oxygen atoms in total. The van der Waals surface area contributed by atoms with Crippen LogP contribution in [0.4, 0.5) is 0 Å². The predicted molar refractivity (Wildman–Crippen MR) is 106 cm³/mol. The first kappa shape index (κ1) is 20.2. The Bertz CT molecular complexity index is 840. The molecule has 1 N–H and O–H groups in total. The summed E-state index contributed by atoms with van der Waals surface area (Å²) in [4.78, 5) is 0.275. The summed E-state index contributed by atoms with van der Waals surface area (Å²) in [6.45, 7) is 9.85. The Hall–Kier alpha value is -2.11. The maximum absolute atomic E-state index is 12.8. The van der Waals surface area contributed by atoms with Crippen molar-refractivity contribution in [2.24, 2.45) is 5.92 Å². The maximum Gasteiger partial charge on any atom is 0.240 e. The molecule has 5 heteroatoms. The molecule has 140 valence electrons. The van der Waals surface area contributed by atoms with Crippen LogP contribution in [0.25, 0.3) is 0 Å². The van der Waals surface area contributed by atoms with Gasteiger partial charge in [-0.3, -0.25) is 0 Å². The summed E-state index contributed by atoms with van der Waals surface area (Å²) in [5, 5.41) is 0. The summed E-state index contributed by atoms with van der Waals surface area (Å²) in [6.07, 6.45) is 0.573. The van der Waals surface area contributed by atoms with Crippen LogP contribution >= 0.6 is 0 Å². The Morgan fingerprint density at radius 1 is 1.12 bits per heavy atom. The fourth-order valence-corrected chi connectivity index (χ4v) is 3.98. The van der Waals surface area contributed by atoms with Crippen molar-refractivity contribution in [1.29, 1.82) is 0 Å². The van der Waals surface area contributed by atoms with E-state index in [0.29, 0.717) is 6.42 Å². The van der Waals surface area contributed by atoms with Crippen LogP contribution < -0.4 is 9.46 Å². The average molecular weight is 374 g/mol. The molecule has 2 aromatic carbocycles. The molecule has 2 aromatic rings. The fraction of sp³-hybridized carbons (Fsp3) is 0.333. The normalized spacial score (nSPS) is 13.8. The van der Waals surface area contributed by atoms with Gasteiger partial charge in [-0.25, -0.2) is 13.1 Å². The lowest BCUT2D eigenvalue weighted by Crippen LogP contribution is -2.41. The molecular weight excluding hydrogens is 346 g/mol. The minimum atomic E-state index is -3.60. The molecule has 2 atom stereocenters. The molecule has 0 saturated heterocycles. The van der Waals surface area contributed by atoms with E-state index in [9.17, 15) is 8.42 Å². The number of nitrogens with one attached hydrogen (secondary N) is 1. The minimum absolute atomic E-state index is 0.00248. The molecule has 0 aliphatic rings.